The highest BCUT2D eigenvalue weighted by Gasteiger charge is 2.12. The maximum Gasteiger partial charge on any atom is 0.329 e. The SMILES string of the molecule is COc1cc(/C=N\NC(=O)C(=O)NCc2ccc(C)cc2)ccc1OCC(=O)Nc1cccc(Cl)c1. The summed E-state index contributed by atoms with van der Waals surface area (Å²) in [5.41, 5.74) is 5.29. The number of carbonyl (C=O) groups is 3. The molecule has 3 rings (SSSR count). The van der Waals surface area contributed by atoms with Crippen LogP contribution in [0.15, 0.2) is 71.8 Å². The summed E-state index contributed by atoms with van der Waals surface area (Å²) in [5.74, 6) is -1.36. The van der Waals surface area contributed by atoms with Crippen LogP contribution >= 0.6 is 11.6 Å². The first-order chi connectivity index (χ1) is 17.3. The minimum Gasteiger partial charge on any atom is -0.493 e. The van der Waals surface area contributed by atoms with E-state index in [-0.39, 0.29) is 19.1 Å². The molecule has 0 saturated carbocycles. The van der Waals surface area contributed by atoms with E-state index >= 15 is 0 Å². The Labute approximate surface area is 213 Å². The number of nitrogens with zero attached hydrogens (tertiary/aromatic N) is 1. The number of hydrazone groups is 1. The van der Waals surface area contributed by atoms with Crippen molar-refractivity contribution in [2.45, 2.75) is 13.5 Å². The minimum atomic E-state index is -0.893. The van der Waals surface area contributed by atoms with Gasteiger partial charge < -0.3 is 20.1 Å². The van der Waals surface area contributed by atoms with Gasteiger partial charge in [0.1, 0.15) is 0 Å². The molecule has 0 aliphatic rings. The second-order valence-corrected chi connectivity index (χ2v) is 8.06. The highest BCUT2D eigenvalue weighted by molar-refractivity contribution is 6.35. The Balaban J connectivity index is 1.48. The van der Waals surface area contributed by atoms with Crippen molar-refractivity contribution < 1.29 is 23.9 Å². The van der Waals surface area contributed by atoms with Crippen molar-refractivity contribution >= 4 is 41.2 Å². The Morgan fingerprint density at radius 1 is 0.972 bits per heavy atom. The summed E-state index contributed by atoms with van der Waals surface area (Å²) >= 11 is 5.91. The van der Waals surface area contributed by atoms with E-state index < -0.39 is 11.8 Å². The number of benzene rings is 3. The number of hydrogen-bond acceptors (Lipinski definition) is 6. The number of amides is 3. The molecule has 3 aromatic carbocycles. The van der Waals surface area contributed by atoms with E-state index in [9.17, 15) is 14.4 Å². The van der Waals surface area contributed by atoms with E-state index in [1.54, 1.807) is 42.5 Å². The summed E-state index contributed by atoms with van der Waals surface area (Å²) in [6.45, 7) is 1.95. The molecule has 0 unspecified atom stereocenters. The van der Waals surface area contributed by atoms with Crippen LogP contribution in [-0.4, -0.2) is 37.7 Å². The molecular weight excluding hydrogens is 484 g/mol. The van der Waals surface area contributed by atoms with Crippen molar-refractivity contribution in [1.29, 1.82) is 0 Å². The fourth-order valence-corrected chi connectivity index (χ4v) is 3.17. The van der Waals surface area contributed by atoms with Crippen LogP contribution in [-0.2, 0) is 20.9 Å². The topological polar surface area (TPSA) is 118 Å². The second kappa shape index (κ2) is 12.9. The highest BCUT2D eigenvalue weighted by atomic mass is 35.5. The standard InChI is InChI=1S/C26H25ClN4O5/c1-17-6-8-18(9-7-17)14-28-25(33)26(34)31-29-15-19-10-11-22(23(12-19)35-2)36-16-24(32)30-21-5-3-4-20(27)13-21/h3-13,15H,14,16H2,1-2H3,(H,28,33)(H,30,32)(H,31,34)/b29-15-. The van der Waals surface area contributed by atoms with E-state index in [0.29, 0.717) is 27.8 Å². The smallest absolute Gasteiger partial charge is 0.329 e. The fraction of sp³-hybridized carbons (Fsp3) is 0.154. The van der Waals surface area contributed by atoms with Crippen LogP contribution in [0.25, 0.3) is 0 Å². The molecule has 3 aromatic rings. The van der Waals surface area contributed by atoms with Crippen LogP contribution in [0.2, 0.25) is 5.02 Å². The van der Waals surface area contributed by atoms with Crippen LogP contribution < -0.4 is 25.5 Å². The molecule has 3 N–H and O–H groups in total. The summed E-state index contributed by atoms with van der Waals surface area (Å²) in [7, 11) is 1.45. The van der Waals surface area contributed by atoms with Crippen LogP contribution in [0.4, 0.5) is 5.69 Å². The zero-order valence-corrected chi connectivity index (χ0v) is 20.5. The van der Waals surface area contributed by atoms with E-state index in [1.807, 2.05) is 31.2 Å². The van der Waals surface area contributed by atoms with Crippen LogP contribution in [0.1, 0.15) is 16.7 Å². The number of nitrogens with one attached hydrogen (secondary N) is 3. The molecule has 0 spiro atoms. The highest BCUT2D eigenvalue weighted by Crippen LogP contribution is 2.27. The van der Waals surface area contributed by atoms with Crippen LogP contribution in [0, 0.1) is 6.92 Å². The lowest BCUT2D eigenvalue weighted by Crippen LogP contribution is -2.37. The first-order valence-corrected chi connectivity index (χ1v) is 11.2. The molecule has 0 fully saturated rings. The van der Waals surface area contributed by atoms with E-state index in [0.717, 1.165) is 11.1 Å². The molecule has 186 valence electrons. The number of aryl methyl sites for hydroxylation is 1. The monoisotopic (exact) mass is 508 g/mol. The third kappa shape index (κ3) is 8.14. The molecule has 0 radical (unpaired) electrons. The molecule has 0 aromatic heterocycles. The van der Waals surface area contributed by atoms with Gasteiger partial charge in [0.2, 0.25) is 0 Å². The minimum absolute atomic E-state index is 0.228. The van der Waals surface area contributed by atoms with Gasteiger partial charge in [-0.05, 0) is 54.4 Å². The Morgan fingerprint density at radius 2 is 1.75 bits per heavy atom. The average molecular weight is 509 g/mol. The Bertz CT molecular complexity index is 1260. The van der Waals surface area contributed by atoms with Crippen molar-refractivity contribution in [2.24, 2.45) is 5.10 Å². The molecule has 0 atom stereocenters. The third-order valence-corrected chi connectivity index (χ3v) is 5.05. The summed E-state index contributed by atoms with van der Waals surface area (Å²) in [4.78, 5) is 36.1. The quantitative estimate of drug-likeness (QED) is 0.232. The van der Waals surface area contributed by atoms with Crippen molar-refractivity contribution in [1.82, 2.24) is 10.7 Å². The van der Waals surface area contributed by atoms with Gasteiger partial charge in [0.15, 0.2) is 18.1 Å². The van der Waals surface area contributed by atoms with Gasteiger partial charge in [-0.2, -0.15) is 5.10 Å². The molecule has 3 amide bonds. The largest absolute Gasteiger partial charge is 0.493 e. The van der Waals surface area contributed by atoms with Gasteiger partial charge in [0.25, 0.3) is 5.91 Å². The first kappa shape index (κ1) is 26.2. The van der Waals surface area contributed by atoms with Gasteiger partial charge in [-0.25, -0.2) is 5.43 Å². The van der Waals surface area contributed by atoms with Gasteiger partial charge in [0.05, 0.1) is 13.3 Å². The Hall–Kier alpha value is -4.37. The second-order valence-electron chi connectivity index (χ2n) is 7.62. The van der Waals surface area contributed by atoms with Crippen molar-refractivity contribution in [3.8, 4) is 11.5 Å². The molecule has 9 nitrogen and oxygen atoms in total. The maximum absolute atomic E-state index is 12.2. The summed E-state index contributed by atoms with van der Waals surface area (Å²) in [6.07, 6.45) is 1.35. The molecule has 0 aliphatic carbocycles. The molecule has 0 bridgehead atoms. The molecule has 0 aliphatic heterocycles. The fourth-order valence-electron chi connectivity index (χ4n) is 2.98. The van der Waals surface area contributed by atoms with E-state index in [2.05, 4.69) is 21.2 Å². The van der Waals surface area contributed by atoms with Crippen LogP contribution in [0.3, 0.4) is 0 Å². The summed E-state index contributed by atoms with van der Waals surface area (Å²) in [5, 5.41) is 9.53. The van der Waals surface area contributed by atoms with Crippen molar-refractivity contribution in [2.75, 3.05) is 19.0 Å². The predicted molar refractivity (Wildman–Crippen MR) is 137 cm³/mol. The Morgan fingerprint density at radius 3 is 2.47 bits per heavy atom. The molecule has 36 heavy (non-hydrogen) atoms. The third-order valence-electron chi connectivity index (χ3n) is 4.81. The number of ether oxygens (including phenoxy) is 2. The summed E-state index contributed by atoms with van der Waals surface area (Å²) < 4.78 is 10.9. The normalized spacial score (nSPS) is 10.5. The lowest BCUT2D eigenvalue weighted by Gasteiger charge is -2.11. The predicted octanol–water partition coefficient (Wildman–Crippen LogP) is 3.44. The van der Waals surface area contributed by atoms with Gasteiger partial charge >= 0.3 is 11.8 Å². The van der Waals surface area contributed by atoms with Crippen molar-refractivity contribution in [3.05, 3.63) is 88.4 Å². The number of anilines is 1. The first-order valence-electron chi connectivity index (χ1n) is 10.9. The van der Waals surface area contributed by atoms with Gasteiger partial charge in [0, 0.05) is 17.3 Å². The van der Waals surface area contributed by atoms with E-state index in [4.69, 9.17) is 21.1 Å². The molecular formula is C26H25ClN4O5. The van der Waals surface area contributed by atoms with Crippen LogP contribution in [0.5, 0.6) is 11.5 Å². The number of halogens is 1. The zero-order valence-electron chi connectivity index (χ0n) is 19.7. The molecule has 0 heterocycles. The van der Waals surface area contributed by atoms with Gasteiger partial charge in [-0.1, -0.05) is 47.5 Å². The number of methoxy groups -OCH3 is 1. The number of carbonyl (C=O) groups excluding carboxylic acids is 3. The van der Waals surface area contributed by atoms with Gasteiger partial charge in [-0.3, -0.25) is 14.4 Å². The number of rotatable bonds is 9. The molecule has 10 heteroatoms. The maximum atomic E-state index is 12.2. The molecule has 0 saturated heterocycles. The summed E-state index contributed by atoms with van der Waals surface area (Å²) in [6, 6.07) is 19.2. The zero-order chi connectivity index (χ0) is 25.9. The van der Waals surface area contributed by atoms with Crippen molar-refractivity contribution in [3.63, 3.8) is 0 Å². The average Bonchev–Trinajstić information content (AvgIpc) is 2.87. The Kier molecular flexibility index (Phi) is 9.41. The lowest BCUT2D eigenvalue weighted by molar-refractivity contribution is -0.139. The van der Waals surface area contributed by atoms with Gasteiger partial charge in [-0.15, -0.1) is 0 Å². The lowest BCUT2D eigenvalue weighted by atomic mass is 10.1. The number of hydrogen-bond donors (Lipinski definition) is 3. The van der Waals surface area contributed by atoms with E-state index in [1.165, 1.54) is 13.3 Å².